The normalized spacial score (nSPS) is 13.1. The van der Waals surface area contributed by atoms with Gasteiger partial charge in [-0.15, -0.1) is 9.24 Å². The van der Waals surface area contributed by atoms with Gasteiger partial charge >= 0.3 is 0 Å². The van der Waals surface area contributed by atoms with Crippen LogP contribution in [0.5, 0.6) is 0 Å². The molecule has 4 heteroatoms. The standard InChI is InChI=1S/C40H30N3P/c1-40(2)34-24-30(44)21-22-32(34)35-33(23-29-15-9-10-16-31(29)36(35)40)25-17-19-28(20-18-25)39-42-37(26-11-5-3-6-12-26)41-38(43-39)27-13-7-4-8-14-27/h3-24H,44H2,1-2H3. The molecule has 0 saturated carbocycles. The summed E-state index contributed by atoms with van der Waals surface area (Å²) in [5.41, 5.74) is 10.6. The van der Waals surface area contributed by atoms with Gasteiger partial charge < -0.3 is 0 Å². The fourth-order valence-corrected chi connectivity index (χ4v) is 6.94. The third-order valence-corrected chi connectivity index (χ3v) is 9.17. The summed E-state index contributed by atoms with van der Waals surface area (Å²) in [6, 6.07) is 46.9. The van der Waals surface area contributed by atoms with Crippen molar-refractivity contribution in [2.24, 2.45) is 0 Å². The predicted octanol–water partition coefficient (Wildman–Crippen LogP) is 9.50. The summed E-state index contributed by atoms with van der Waals surface area (Å²) >= 11 is 0. The average molecular weight is 584 g/mol. The van der Waals surface area contributed by atoms with Gasteiger partial charge in [0.1, 0.15) is 0 Å². The van der Waals surface area contributed by atoms with Crippen LogP contribution >= 0.6 is 9.24 Å². The Hall–Kier alpha value is -4.98. The second-order valence-corrected chi connectivity index (χ2v) is 12.6. The molecule has 0 saturated heterocycles. The van der Waals surface area contributed by atoms with Crippen LogP contribution in [0.3, 0.4) is 0 Å². The van der Waals surface area contributed by atoms with Crippen molar-refractivity contribution in [3.8, 4) is 56.4 Å². The molecular formula is C40H30N3P. The van der Waals surface area contributed by atoms with Crippen LogP contribution in [0.25, 0.3) is 67.2 Å². The average Bonchev–Trinajstić information content (AvgIpc) is 3.31. The van der Waals surface area contributed by atoms with Crippen LogP contribution < -0.4 is 5.30 Å². The molecule has 1 aliphatic rings. The van der Waals surface area contributed by atoms with Gasteiger partial charge in [-0.1, -0.05) is 141 Å². The Bertz CT molecular complexity index is 2130. The number of rotatable bonds is 4. The second-order valence-electron chi connectivity index (χ2n) is 11.9. The molecule has 210 valence electrons. The van der Waals surface area contributed by atoms with Gasteiger partial charge in [-0.3, -0.25) is 0 Å². The molecule has 44 heavy (non-hydrogen) atoms. The van der Waals surface area contributed by atoms with Gasteiger partial charge in [0.2, 0.25) is 0 Å². The van der Waals surface area contributed by atoms with Gasteiger partial charge in [0, 0.05) is 22.1 Å². The van der Waals surface area contributed by atoms with Crippen LogP contribution in [0.15, 0.2) is 133 Å². The van der Waals surface area contributed by atoms with E-state index in [1.807, 2.05) is 60.7 Å². The molecule has 6 aromatic carbocycles. The Labute approximate surface area is 259 Å². The van der Waals surface area contributed by atoms with Crippen molar-refractivity contribution >= 4 is 25.3 Å². The van der Waals surface area contributed by atoms with Crippen LogP contribution in [0.4, 0.5) is 0 Å². The first-order valence-electron chi connectivity index (χ1n) is 14.9. The molecule has 7 aromatic rings. The number of hydrogen-bond donors (Lipinski definition) is 0. The Kier molecular flexibility index (Phi) is 6.25. The number of hydrogen-bond acceptors (Lipinski definition) is 3. The number of nitrogens with zero attached hydrogens (tertiary/aromatic N) is 3. The topological polar surface area (TPSA) is 38.7 Å². The summed E-state index contributed by atoms with van der Waals surface area (Å²) in [5.74, 6) is 1.99. The summed E-state index contributed by atoms with van der Waals surface area (Å²) in [5, 5.41) is 3.79. The minimum atomic E-state index is -0.112. The summed E-state index contributed by atoms with van der Waals surface area (Å²) in [7, 11) is 2.87. The van der Waals surface area contributed by atoms with E-state index < -0.39 is 0 Å². The maximum atomic E-state index is 4.93. The van der Waals surface area contributed by atoms with E-state index in [1.165, 1.54) is 49.5 Å². The minimum Gasteiger partial charge on any atom is -0.208 e. The molecule has 0 N–H and O–H groups in total. The molecule has 0 amide bonds. The van der Waals surface area contributed by atoms with E-state index in [2.05, 4.69) is 95.9 Å². The van der Waals surface area contributed by atoms with Gasteiger partial charge in [-0.05, 0) is 55.5 Å². The van der Waals surface area contributed by atoms with Gasteiger partial charge in [-0.2, -0.15) is 0 Å². The molecule has 1 atom stereocenters. The Morgan fingerprint density at radius 2 is 1.02 bits per heavy atom. The van der Waals surface area contributed by atoms with E-state index in [0.29, 0.717) is 17.5 Å². The van der Waals surface area contributed by atoms with E-state index in [4.69, 9.17) is 15.0 Å². The minimum absolute atomic E-state index is 0.112. The van der Waals surface area contributed by atoms with Crippen molar-refractivity contribution < 1.29 is 0 Å². The monoisotopic (exact) mass is 583 g/mol. The quantitative estimate of drug-likeness (QED) is 0.194. The number of benzene rings is 6. The lowest BCUT2D eigenvalue weighted by Crippen LogP contribution is -2.16. The van der Waals surface area contributed by atoms with Gasteiger partial charge in [0.25, 0.3) is 0 Å². The van der Waals surface area contributed by atoms with Crippen molar-refractivity contribution in [1.29, 1.82) is 0 Å². The fraction of sp³-hybridized carbons (Fsp3) is 0.0750. The summed E-state index contributed by atoms with van der Waals surface area (Å²) in [6.45, 7) is 4.72. The highest BCUT2D eigenvalue weighted by atomic mass is 31.0. The first-order chi connectivity index (χ1) is 21.5. The van der Waals surface area contributed by atoms with Crippen LogP contribution in [-0.4, -0.2) is 15.0 Å². The second kappa shape index (κ2) is 10.3. The lowest BCUT2D eigenvalue weighted by atomic mass is 9.79. The lowest BCUT2D eigenvalue weighted by molar-refractivity contribution is 0.667. The van der Waals surface area contributed by atoms with Gasteiger partial charge in [0.05, 0.1) is 0 Å². The first-order valence-corrected chi connectivity index (χ1v) is 15.5. The Balaban J connectivity index is 1.29. The molecule has 1 unspecified atom stereocenters. The zero-order valence-electron chi connectivity index (χ0n) is 24.6. The van der Waals surface area contributed by atoms with Crippen molar-refractivity contribution in [2.45, 2.75) is 19.3 Å². The maximum absolute atomic E-state index is 4.93. The maximum Gasteiger partial charge on any atom is 0.164 e. The summed E-state index contributed by atoms with van der Waals surface area (Å²) in [6.07, 6.45) is 0. The fourth-order valence-electron chi connectivity index (χ4n) is 6.67. The molecule has 8 rings (SSSR count). The van der Waals surface area contributed by atoms with Crippen molar-refractivity contribution in [3.63, 3.8) is 0 Å². The van der Waals surface area contributed by atoms with Crippen molar-refractivity contribution in [3.05, 3.63) is 145 Å². The van der Waals surface area contributed by atoms with E-state index >= 15 is 0 Å². The molecule has 0 radical (unpaired) electrons. The Morgan fingerprint density at radius 1 is 0.500 bits per heavy atom. The van der Waals surface area contributed by atoms with E-state index in [-0.39, 0.29) is 5.41 Å². The molecule has 0 fully saturated rings. The van der Waals surface area contributed by atoms with E-state index in [0.717, 1.165) is 16.7 Å². The third kappa shape index (κ3) is 4.35. The van der Waals surface area contributed by atoms with Crippen LogP contribution in [0.1, 0.15) is 25.0 Å². The lowest BCUT2D eigenvalue weighted by Gasteiger charge is -2.24. The summed E-state index contributed by atoms with van der Waals surface area (Å²) < 4.78 is 0. The molecule has 1 heterocycles. The number of aromatic nitrogens is 3. The molecule has 0 aliphatic heterocycles. The van der Waals surface area contributed by atoms with Gasteiger partial charge in [-0.25, -0.2) is 15.0 Å². The van der Waals surface area contributed by atoms with E-state index in [1.54, 1.807) is 0 Å². The molecular weight excluding hydrogens is 553 g/mol. The highest BCUT2D eigenvalue weighted by Gasteiger charge is 2.38. The van der Waals surface area contributed by atoms with Crippen LogP contribution in [0.2, 0.25) is 0 Å². The largest absolute Gasteiger partial charge is 0.208 e. The molecule has 1 aromatic heterocycles. The van der Waals surface area contributed by atoms with E-state index in [9.17, 15) is 0 Å². The zero-order valence-corrected chi connectivity index (χ0v) is 25.8. The SMILES string of the molecule is CC1(C)c2cc(P)ccc2-c2c(-c3ccc(-c4nc(-c5ccccc5)nc(-c5ccccc5)n4)cc3)cc3ccccc3c21. The molecule has 0 bridgehead atoms. The van der Waals surface area contributed by atoms with Crippen LogP contribution in [0, 0.1) is 0 Å². The number of fused-ring (bicyclic) bond motifs is 5. The van der Waals surface area contributed by atoms with Crippen molar-refractivity contribution in [2.75, 3.05) is 0 Å². The van der Waals surface area contributed by atoms with Crippen LogP contribution in [-0.2, 0) is 5.41 Å². The molecule has 3 nitrogen and oxygen atoms in total. The van der Waals surface area contributed by atoms with Crippen molar-refractivity contribution in [1.82, 2.24) is 15.0 Å². The zero-order chi connectivity index (χ0) is 29.8. The Morgan fingerprint density at radius 3 is 1.64 bits per heavy atom. The summed E-state index contributed by atoms with van der Waals surface area (Å²) in [4.78, 5) is 14.7. The smallest absolute Gasteiger partial charge is 0.164 e. The molecule has 0 spiro atoms. The predicted molar refractivity (Wildman–Crippen MR) is 186 cm³/mol. The highest BCUT2D eigenvalue weighted by Crippen LogP contribution is 2.54. The highest BCUT2D eigenvalue weighted by molar-refractivity contribution is 7.27. The molecule has 1 aliphatic carbocycles. The van der Waals surface area contributed by atoms with Gasteiger partial charge in [0.15, 0.2) is 17.5 Å². The third-order valence-electron chi connectivity index (χ3n) is 8.81. The first kappa shape index (κ1) is 26.6.